The second-order valence-corrected chi connectivity index (χ2v) is 5.43. The van der Waals surface area contributed by atoms with Gasteiger partial charge in [-0.3, -0.25) is 0 Å². The molecule has 0 aliphatic rings. The van der Waals surface area contributed by atoms with Gasteiger partial charge in [0.2, 0.25) is 0 Å². The van der Waals surface area contributed by atoms with E-state index >= 15 is 0 Å². The molecule has 1 aromatic carbocycles. The van der Waals surface area contributed by atoms with Gasteiger partial charge in [-0.25, -0.2) is 9.78 Å². The Hall–Kier alpha value is -1.11. The lowest BCUT2D eigenvalue weighted by molar-refractivity contribution is 0.0595. The van der Waals surface area contributed by atoms with Crippen LogP contribution in [0.3, 0.4) is 0 Å². The number of methoxy groups -OCH3 is 1. The van der Waals surface area contributed by atoms with Gasteiger partial charge in [0.05, 0.1) is 12.8 Å². The SMILES string of the molecule is COC(=O)c1csc(Nc2ccc(Cl)cc2Br)n1. The number of hydrogen-bond acceptors (Lipinski definition) is 5. The predicted molar refractivity (Wildman–Crippen MR) is 75.9 cm³/mol. The number of aromatic nitrogens is 1. The van der Waals surface area contributed by atoms with E-state index in [1.54, 1.807) is 17.5 Å². The Bertz CT molecular complexity index is 588. The Kier molecular flexibility index (Phi) is 4.21. The van der Waals surface area contributed by atoms with E-state index in [2.05, 4.69) is 31.0 Å². The fourth-order valence-electron chi connectivity index (χ4n) is 1.24. The maximum Gasteiger partial charge on any atom is 0.357 e. The van der Waals surface area contributed by atoms with Crippen LogP contribution in [0, 0.1) is 0 Å². The third-order valence-corrected chi connectivity index (χ3v) is 3.72. The Morgan fingerprint density at radius 3 is 3.00 bits per heavy atom. The van der Waals surface area contributed by atoms with Crippen molar-refractivity contribution in [2.75, 3.05) is 12.4 Å². The van der Waals surface area contributed by atoms with E-state index in [4.69, 9.17) is 11.6 Å². The van der Waals surface area contributed by atoms with Crippen LogP contribution in [0.2, 0.25) is 5.02 Å². The van der Waals surface area contributed by atoms with Gasteiger partial charge in [-0.15, -0.1) is 11.3 Å². The molecule has 0 unspecified atom stereocenters. The zero-order chi connectivity index (χ0) is 13.1. The second-order valence-electron chi connectivity index (χ2n) is 3.28. The molecular weight excluding hydrogens is 340 g/mol. The molecule has 94 valence electrons. The zero-order valence-corrected chi connectivity index (χ0v) is 12.4. The average molecular weight is 348 g/mol. The monoisotopic (exact) mass is 346 g/mol. The van der Waals surface area contributed by atoms with E-state index in [9.17, 15) is 4.79 Å². The molecule has 0 saturated heterocycles. The molecule has 4 nitrogen and oxygen atoms in total. The molecule has 0 aliphatic heterocycles. The minimum Gasteiger partial charge on any atom is -0.464 e. The minimum atomic E-state index is -0.450. The average Bonchev–Trinajstić information content (AvgIpc) is 2.80. The highest BCUT2D eigenvalue weighted by Crippen LogP contribution is 2.29. The summed E-state index contributed by atoms with van der Waals surface area (Å²) in [6, 6.07) is 5.37. The standard InChI is InChI=1S/C11H8BrClN2O2S/c1-17-10(16)9-5-18-11(15-9)14-8-3-2-6(13)4-7(8)12/h2-5H,1H3,(H,14,15). The van der Waals surface area contributed by atoms with Crippen molar-refractivity contribution in [1.29, 1.82) is 0 Å². The molecule has 2 aromatic rings. The van der Waals surface area contributed by atoms with Crippen molar-refractivity contribution in [2.45, 2.75) is 0 Å². The molecule has 0 fully saturated rings. The van der Waals surface area contributed by atoms with Crippen LogP contribution in [0.4, 0.5) is 10.8 Å². The molecule has 0 spiro atoms. The van der Waals surface area contributed by atoms with E-state index in [1.165, 1.54) is 18.4 Å². The number of ether oxygens (including phenoxy) is 1. The lowest BCUT2D eigenvalue weighted by Gasteiger charge is -2.05. The van der Waals surface area contributed by atoms with E-state index in [0.717, 1.165) is 10.2 Å². The van der Waals surface area contributed by atoms with Crippen LogP contribution in [-0.4, -0.2) is 18.1 Å². The largest absolute Gasteiger partial charge is 0.464 e. The summed E-state index contributed by atoms with van der Waals surface area (Å²) in [6.07, 6.45) is 0. The van der Waals surface area contributed by atoms with E-state index in [-0.39, 0.29) is 5.69 Å². The quantitative estimate of drug-likeness (QED) is 0.850. The first-order valence-electron chi connectivity index (χ1n) is 4.86. The number of benzene rings is 1. The third-order valence-electron chi connectivity index (χ3n) is 2.07. The molecule has 0 radical (unpaired) electrons. The van der Waals surface area contributed by atoms with Crippen LogP contribution in [-0.2, 0) is 4.74 Å². The maximum atomic E-state index is 11.3. The van der Waals surface area contributed by atoms with Crippen molar-refractivity contribution in [3.63, 3.8) is 0 Å². The Morgan fingerprint density at radius 2 is 2.33 bits per heavy atom. The number of carbonyl (C=O) groups is 1. The molecule has 0 aliphatic carbocycles. The Balaban J connectivity index is 2.18. The number of thiazole rings is 1. The number of carbonyl (C=O) groups excluding carboxylic acids is 1. The minimum absolute atomic E-state index is 0.287. The first-order valence-corrected chi connectivity index (χ1v) is 6.91. The first-order chi connectivity index (χ1) is 8.60. The molecule has 1 N–H and O–H groups in total. The van der Waals surface area contributed by atoms with Gasteiger partial charge in [-0.1, -0.05) is 11.6 Å². The summed E-state index contributed by atoms with van der Waals surface area (Å²) in [4.78, 5) is 15.4. The molecule has 0 bridgehead atoms. The van der Waals surface area contributed by atoms with Crippen LogP contribution in [0.25, 0.3) is 0 Å². The Labute approximate surface area is 121 Å². The predicted octanol–water partition coefficient (Wildman–Crippen LogP) is 4.09. The number of rotatable bonds is 3. The van der Waals surface area contributed by atoms with E-state index in [0.29, 0.717) is 10.2 Å². The summed E-state index contributed by atoms with van der Waals surface area (Å²) < 4.78 is 5.41. The molecule has 18 heavy (non-hydrogen) atoms. The number of nitrogens with zero attached hydrogens (tertiary/aromatic N) is 1. The van der Waals surface area contributed by atoms with Gasteiger partial charge in [-0.2, -0.15) is 0 Å². The van der Waals surface area contributed by atoms with E-state index < -0.39 is 5.97 Å². The van der Waals surface area contributed by atoms with Crippen molar-refractivity contribution >= 4 is 55.7 Å². The summed E-state index contributed by atoms with van der Waals surface area (Å²) in [6.45, 7) is 0. The topological polar surface area (TPSA) is 51.2 Å². The number of anilines is 2. The lowest BCUT2D eigenvalue weighted by Crippen LogP contribution is -2.01. The summed E-state index contributed by atoms with van der Waals surface area (Å²) in [5, 5.41) is 5.98. The molecule has 2 rings (SSSR count). The zero-order valence-electron chi connectivity index (χ0n) is 9.24. The van der Waals surface area contributed by atoms with Crippen LogP contribution in [0.15, 0.2) is 28.1 Å². The number of esters is 1. The van der Waals surface area contributed by atoms with Gasteiger partial charge in [-0.05, 0) is 34.1 Å². The van der Waals surface area contributed by atoms with E-state index in [1.807, 2.05) is 6.07 Å². The van der Waals surface area contributed by atoms with Gasteiger partial charge in [0, 0.05) is 14.9 Å². The highest BCUT2D eigenvalue weighted by atomic mass is 79.9. The molecule has 7 heteroatoms. The van der Waals surface area contributed by atoms with Crippen molar-refractivity contribution in [3.8, 4) is 0 Å². The Morgan fingerprint density at radius 1 is 1.56 bits per heavy atom. The summed E-state index contributed by atoms with van der Waals surface area (Å²) >= 11 is 10.6. The summed E-state index contributed by atoms with van der Waals surface area (Å²) in [5.41, 5.74) is 1.11. The fourth-order valence-corrected chi connectivity index (χ4v) is 2.71. The van der Waals surface area contributed by atoms with Gasteiger partial charge < -0.3 is 10.1 Å². The molecule has 0 atom stereocenters. The normalized spacial score (nSPS) is 10.2. The number of hydrogen-bond donors (Lipinski definition) is 1. The molecule has 0 saturated carbocycles. The van der Waals surface area contributed by atoms with Crippen LogP contribution in [0.1, 0.15) is 10.5 Å². The summed E-state index contributed by atoms with van der Waals surface area (Å²) in [5.74, 6) is -0.450. The second kappa shape index (κ2) is 5.69. The highest BCUT2D eigenvalue weighted by Gasteiger charge is 2.11. The number of halogens is 2. The van der Waals surface area contributed by atoms with Crippen molar-refractivity contribution in [1.82, 2.24) is 4.98 Å². The number of nitrogens with one attached hydrogen (secondary N) is 1. The van der Waals surface area contributed by atoms with Crippen LogP contribution < -0.4 is 5.32 Å². The maximum absolute atomic E-state index is 11.3. The van der Waals surface area contributed by atoms with Gasteiger partial charge in [0.1, 0.15) is 0 Å². The lowest BCUT2D eigenvalue weighted by atomic mass is 10.3. The molecule has 1 aromatic heterocycles. The van der Waals surface area contributed by atoms with Crippen molar-refractivity contribution < 1.29 is 9.53 Å². The summed E-state index contributed by atoms with van der Waals surface area (Å²) in [7, 11) is 1.32. The molecule has 1 heterocycles. The molecular formula is C11H8BrClN2O2S. The highest BCUT2D eigenvalue weighted by molar-refractivity contribution is 9.10. The van der Waals surface area contributed by atoms with Crippen molar-refractivity contribution in [2.24, 2.45) is 0 Å². The first kappa shape index (κ1) is 13.3. The molecule has 0 amide bonds. The third kappa shape index (κ3) is 3.01. The van der Waals surface area contributed by atoms with Gasteiger partial charge >= 0.3 is 5.97 Å². The van der Waals surface area contributed by atoms with Crippen molar-refractivity contribution in [3.05, 3.63) is 38.8 Å². The fraction of sp³-hybridized carbons (Fsp3) is 0.0909. The van der Waals surface area contributed by atoms with Gasteiger partial charge in [0.25, 0.3) is 0 Å². The van der Waals surface area contributed by atoms with Gasteiger partial charge in [0.15, 0.2) is 10.8 Å². The van der Waals surface area contributed by atoms with Crippen LogP contribution >= 0.6 is 38.9 Å². The van der Waals surface area contributed by atoms with Crippen LogP contribution in [0.5, 0.6) is 0 Å². The smallest absolute Gasteiger partial charge is 0.357 e.